The number of methoxy groups -OCH3 is 1. The Balaban J connectivity index is 1.93. The molecule has 0 aromatic heterocycles. The van der Waals surface area contributed by atoms with Crippen LogP contribution in [-0.2, 0) is 19.6 Å². The molecule has 24 heavy (non-hydrogen) atoms. The third-order valence-electron chi connectivity index (χ3n) is 4.08. The minimum absolute atomic E-state index is 0.239. The summed E-state index contributed by atoms with van der Waals surface area (Å²) in [6.07, 6.45) is 1.67. The summed E-state index contributed by atoms with van der Waals surface area (Å²) in [7, 11) is -1.79. The number of hydrogen-bond acceptors (Lipinski definition) is 5. The van der Waals surface area contributed by atoms with Gasteiger partial charge in [-0.1, -0.05) is 12.1 Å². The number of amides is 1. The second-order valence-corrected chi connectivity index (χ2v) is 7.98. The first-order valence-corrected chi connectivity index (χ1v) is 9.59. The van der Waals surface area contributed by atoms with Crippen molar-refractivity contribution in [2.75, 3.05) is 39.6 Å². The Labute approximate surface area is 143 Å². The molecule has 0 aliphatic carbocycles. The fourth-order valence-corrected chi connectivity index (χ4v) is 3.01. The molecule has 1 aliphatic heterocycles. The molecule has 1 atom stereocenters. The van der Waals surface area contributed by atoms with Gasteiger partial charge in [0.25, 0.3) is 0 Å². The summed E-state index contributed by atoms with van der Waals surface area (Å²) in [6, 6.07) is 7.73. The number of nitrogens with zero attached hydrogens (tertiary/aromatic N) is 1. The van der Waals surface area contributed by atoms with Crippen LogP contribution in [0.5, 0.6) is 5.75 Å². The summed E-state index contributed by atoms with van der Waals surface area (Å²) in [5, 5.41) is 0. The maximum atomic E-state index is 12.1. The van der Waals surface area contributed by atoms with Gasteiger partial charge in [0.05, 0.1) is 19.3 Å². The van der Waals surface area contributed by atoms with Crippen molar-refractivity contribution >= 4 is 15.9 Å². The highest BCUT2D eigenvalue weighted by atomic mass is 32.2. The zero-order valence-corrected chi connectivity index (χ0v) is 15.1. The van der Waals surface area contributed by atoms with E-state index in [4.69, 9.17) is 9.47 Å². The predicted molar refractivity (Wildman–Crippen MR) is 90.5 cm³/mol. The quantitative estimate of drug-likeness (QED) is 0.771. The molecule has 0 unspecified atom stereocenters. The summed E-state index contributed by atoms with van der Waals surface area (Å²) in [6.45, 7) is 2.96. The topological polar surface area (TPSA) is 84.9 Å². The van der Waals surface area contributed by atoms with Gasteiger partial charge in [0, 0.05) is 13.7 Å². The lowest BCUT2D eigenvalue weighted by Gasteiger charge is -2.28. The van der Waals surface area contributed by atoms with Crippen LogP contribution in [0.15, 0.2) is 24.3 Å². The Bertz CT molecular complexity index is 691. The van der Waals surface area contributed by atoms with Crippen molar-refractivity contribution in [1.82, 2.24) is 9.62 Å². The van der Waals surface area contributed by atoms with Crippen LogP contribution in [0.3, 0.4) is 0 Å². The second kappa shape index (κ2) is 7.50. The van der Waals surface area contributed by atoms with Crippen LogP contribution < -0.4 is 9.46 Å². The Hall–Kier alpha value is -1.64. The van der Waals surface area contributed by atoms with E-state index in [2.05, 4.69) is 4.72 Å². The van der Waals surface area contributed by atoms with Crippen molar-refractivity contribution in [3.63, 3.8) is 0 Å². The van der Waals surface area contributed by atoms with E-state index in [-0.39, 0.29) is 12.5 Å². The molecule has 134 valence electrons. The van der Waals surface area contributed by atoms with E-state index >= 15 is 0 Å². The number of likely N-dealkylation sites (tertiary alicyclic amines) is 1. The molecule has 0 radical (unpaired) electrons. The molecule has 1 saturated heterocycles. The fraction of sp³-hybridized carbons (Fsp3) is 0.562. The molecule has 2 rings (SSSR count). The number of carbonyl (C=O) groups is 1. The summed E-state index contributed by atoms with van der Waals surface area (Å²) < 4.78 is 35.9. The van der Waals surface area contributed by atoms with Gasteiger partial charge >= 0.3 is 0 Å². The molecule has 8 heteroatoms. The number of rotatable bonds is 7. The van der Waals surface area contributed by atoms with Gasteiger partial charge in [-0.3, -0.25) is 4.79 Å². The monoisotopic (exact) mass is 356 g/mol. The first-order chi connectivity index (χ1) is 11.2. The molecule has 1 aromatic carbocycles. The van der Waals surface area contributed by atoms with E-state index in [9.17, 15) is 13.2 Å². The van der Waals surface area contributed by atoms with Gasteiger partial charge < -0.3 is 14.4 Å². The zero-order chi connectivity index (χ0) is 17.8. The molecule has 7 nitrogen and oxygen atoms in total. The molecule has 0 bridgehead atoms. The molecule has 1 N–H and O–H groups in total. The van der Waals surface area contributed by atoms with E-state index in [1.807, 2.05) is 31.2 Å². The van der Waals surface area contributed by atoms with Gasteiger partial charge in [-0.05, 0) is 31.0 Å². The van der Waals surface area contributed by atoms with Crippen molar-refractivity contribution < 1.29 is 22.7 Å². The zero-order valence-electron chi connectivity index (χ0n) is 14.2. The van der Waals surface area contributed by atoms with E-state index < -0.39 is 15.6 Å². The number of benzene rings is 1. The highest BCUT2D eigenvalue weighted by molar-refractivity contribution is 7.88. The van der Waals surface area contributed by atoms with Crippen LogP contribution in [0.1, 0.15) is 12.0 Å². The van der Waals surface area contributed by atoms with Crippen molar-refractivity contribution in [1.29, 1.82) is 0 Å². The van der Waals surface area contributed by atoms with E-state index in [1.165, 1.54) is 0 Å². The van der Waals surface area contributed by atoms with E-state index in [0.29, 0.717) is 26.1 Å². The third kappa shape index (κ3) is 5.19. The lowest BCUT2D eigenvalue weighted by molar-refractivity contribution is -0.130. The third-order valence-corrected chi connectivity index (χ3v) is 4.75. The first-order valence-electron chi connectivity index (χ1n) is 7.70. The van der Waals surface area contributed by atoms with Crippen molar-refractivity contribution in [3.8, 4) is 5.75 Å². The number of sulfonamides is 1. The van der Waals surface area contributed by atoms with Crippen LogP contribution in [0, 0.1) is 6.92 Å². The molecular formula is C16H24N2O5S. The van der Waals surface area contributed by atoms with Gasteiger partial charge in [-0.15, -0.1) is 0 Å². The molecule has 1 amide bonds. The molecule has 1 fully saturated rings. The van der Waals surface area contributed by atoms with Crippen LogP contribution in [-0.4, -0.2) is 64.4 Å². The molecule has 1 heterocycles. The Morgan fingerprint density at radius 1 is 1.42 bits per heavy atom. The van der Waals surface area contributed by atoms with Gasteiger partial charge in [0.2, 0.25) is 15.9 Å². The van der Waals surface area contributed by atoms with E-state index in [1.54, 1.807) is 12.0 Å². The standard InChI is InChI=1S/C16H24N2O5S/c1-13-5-4-6-14(9-13)23-12-16(22-2)7-8-18(11-16)15(19)10-17-24(3,20)21/h4-6,9,17H,7-8,10-12H2,1-3H3/t16-/m0/s1. The van der Waals surface area contributed by atoms with Crippen LogP contribution in [0.2, 0.25) is 0 Å². The minimum atomic E-state index is -3.39. The number of aryl methyl sites for hydroxylation is 1. The minimum Gasteiger partial charge on any atom is -0.491 e. The Kier molecular flexibility index (Phi) is 5.84. The van der Waals surface area contributed by atoms with Crippen LogP contribution in [0.25, 0.3) is 0 Å². The largest absolute Gasteiger partial charge is 0.491 e. The van der Waals surface area contributed by atoms with Crippen LogP contribution >= 0.6 is 0 Å². The van der Waals surface area contributed by atoms with Crippen molar-refractivity contribution in [2.24, 2.45) is 0 Å². The molecule has 0 spiro atoms. The first kappa shape index (κ1) is 18.7. The number of ether oxygens (including phenoxy) is 2. The fourth-order valence-electron chi connectivity index (χ4n) is 2.63. The lowest BCUT2D eigenvalue weighted by atomic mass is 10.0. The Morgan fingerprint density at radius 3 is 2.79 bits per heavy atom. The Morgan fingerprint density at radius 2 is 2.17 bits per heavy atom. The summed E-state index contributed by atoms with van der Waals surface area (Å²) in [4.78, 5) is 13.7. The van der Waals surface area contributed by atoms with Crippen molar-refractivity contribution in [3.05, 3.63) is 29.8 Å². The summed E-state index contributed by atoms with van der Waals surface area (Å²) in [5.41, 5.74) is 0.527. The summed E-state index contributed by atoms with van der Waals surface area (Å²) >= 11 is 0. The number of carbonyl (C=O) groups excluding carboxylic acids is 1. The van der Waals surface area contributed by atoms with Crippen LogP contribution in [0.4, 0.5) is 0 Å². The van der Waals surface area contributed by atoms with Crippen molar-refractivity contribution in [2.45, 2.75) is 18.9 Å². The second-order valence-electron chi connectivity index (χ2n) is 6.15. The predicted octanol–water partition coefficient (Wildman–Crippen LogP) is 0.541. The molecule has 0 saturated carbocycles. The lowest BCUT2D eigenvalue weighted by Crippen LogP contribution is -2.44. The smallest absolute Gasteiger partial charge is 0.237 e. The average Bonchev–Trinajstić information content (AvgIpc) is 2.95. The summed E-state index contributed by atoms with van der Waals surface area (Å²) in [5.74, 6) is 0.491. The maximum Gasteiger partial charge on any atom is 0.237 e. The SMILES string of the molecule is CO[C@@]1(COc2cccc(C)c2)CCN(C(=O)CNS(C)(=O)=O)C1. The molecule has 1 aliphatic rings. The molecule has 1 aromatic rings. The van der Waals surface area contributed by atoms with Gasteiger partial charge in [0.1, 0.15) is 18.0 Å². The normalized spacial score (nSPS) is 21.0. The molecular weight excluding hydrogens is 332 g/mol. The average molecular weight is 356 g/mol. The maximum absolute atomic E-state index is 12.1. The highest BCUT2D eigenvalue weighted by Crippen LogP contribution is 2.26. The highest BCUT2D eigenvalue weighted by Gasteiger charge is 2.41. The number of hydrogen-bond donors (Lipinski definition) is 1. The van der Waals surface area contributed by atoms with E-state index in [0.717, 1.165) is 17.6 Å². The number of nitrogens with one attached hydrogen (secondary N) is 1. The van der Waals surface area contributed by atoms with Gasteiger partial charge in [0.15, 0.2) is 0 Å². The van der Waals surface area contributed by atoms with Gasteiger partial charge in [-0.25, -0.2) is 13.1 Å². The van der Waals surface area contributed by atoms with Gasteiger partial charge in [-0.2, -0.15) is 0 Å².